The van der Waals surface area contributed by atoms with Crippen molar-refractivity contribution in [3.63, 3.8) is 0 Å². The second-order valence-corrected chi connectivity index (χ2v) is 13.8. The molecule has 0 saturated heterocycles. The van der Waals surface area contributed by atoms with Crippen LogP contribution in [0.5, 0.6) is 11.5 Å². The summed E-state index contributed by atoms with van der Waals surface area (Å²) in [5.41, 5.74) is 5.19. The number of benzene rings is 5. The summed E-state index contributed by atoms with van der Waals surface area (Å²) in [6.45, 7) is 2.03. The van der Waals surface area contributed by atoms with Crippen LogP contribution in [0.4, 0.5) is 10.8 Å². The summed E-state index contributed by atoms with van der Waals surface area (Å²) in [5.74, 6) is -0.157. The van der Waals surface area contributed by atoms with Crippen LogP contribution in [0.25, 0.3) is 17.3 Å². The molecule has 11 heteroatoms. The van der Waals surface area contributed by atoms with E-state index in [1.54, 1.807) is 67.8 Å². The smallest absolute Gasteiger partial charge is 0.272 e. The van der Waals surface area contributed by atoms with Crippen LogP contribution in [0.3, 0.4) is 0 Å². The molecule has 1 unspecified atom stereocenters. The standard InChI is InChI=1S/C42H36N4O5S2/c1-27-14-16-28(17-15-27)36-26-52-42(45-36)46-41(49)38(29-10-6-4-7-11-29)53-34-21-18-32(19-22-34)43-40(48)35(44-39(47)30-12-8-5-9-13-30)25-31-24-33(50-2)20-23-37(31)51-3/h4-26,38H,1-3H3,(H,43,48)(H,44,47)(H,45,46,49)/b35-25-. The Morgan fingerprint density at radius 3 is 2.17 bits per heavy atom. The van der Waals surface area contributed by atoms with Crippen molar-refractivity contribution < 1.29 is 23.9 Å². The highest BCUT2D eigenvalue weighted by atomic mass is 32.2. The molecule has 0 saturated carbocycles. The van der Waals surface area contributed by atoms with E-state index in [9.17, 15) is 14.4 Å². The maximum atomic E-state index is 13.7. The SMILES string of the molecule is COc1ccc(OC)c(/C=C(\NC(=O)c2ccccc2)C(=O)Nc2ccc(SC(C(=O)Nc3nc(-c4ccc(C)cc4)cs3)c3ccccc3)cc2)c1. The van der Waals surface area contributed by atoms with Crippen LogP contribution in [-0.2, 0) is 9.59 Å². The van der Waals surface area contributed by atoms with Crippen LogP contribution in [0.1, 0.15) is 32.3 Å². The topological polar surface area (TPSA) is 119 Å². The van der Waals surface area contributed by atoms with Gasteiger partial charge in [-0.25, -0.2) is 4.98 Å². The van der Waals surface area contributed by atoms with Gasteiger partial charge in [-0.05, 0) is 73.2 Å². The van der Waals surface area contributed by atoms with Gasteiger partial charge in [0.25, 0.3) is 11.8 Å². The fourth-order valence-corrected chi connectivity index (χ4v) is 7.01. The normalized spacial score (nSPS) is 11.6. The number of anilines is 2. The monoisotopic (exact) mass is 740 g/mol. The summed E-state index contributed by atoms with van der Waals surface area (Å²) in [7, 11) is 3.06. The first-order chi connectivity index (χ1) is 25.8. The number of nitrogens with one attached hydrogen (secondary N) is 3. The number of ether oxygens (including phenoxy) is 2. The minimum absolute atomic E-state index is 0.00241. The summed E-state index contributed by atoms with van der Waals surface area (Å²) >= 11 is 2.76. The third-order valence-corrected chi connectivity index (χ3v) is 10.1. The van der Waals surface area contributed by atoms with Gasteiger partial charge >= 0.3 is 0 Å². The van der Waals surface area contributed by atoms with E-state index in [4.69, 9.17) is 9.47 Å². The van der Waals surface area contributed by atoms with Gasteiger partial charge < -0.3 is 25.4 Å². The molecule has 266 valence electrons. The van der Waals surface area contributed by atoms with Gasteiger partial charge in [0.1, 0.15) is 22.4 Å². The van der Waals surface area contributed by atoms with Gasteiger partial charge in [-0.15, -0.1) is 23.1 Å². The summed E-state index contributed by atoms with van der Waals surface area (Å²) in [6.07, 6.45) is 1.54. The van der Waals surface area contributed by atoms with Crippen LogP contribution >= 0.6 is 23.1 Å². The van der Waals surface area contributed by atoms with Gasteiger partial charge in [0.2, 0.25) is 5.91 Å². The molecule has 0 aliphatic rings. The van der Waals surface area contributed by atoms with E-state index >= 15 is 0 Å². The predicted molar refractivity (Wildman–Crippen MR) is 212 cm³/mol. The van der Waals surface area contributed by atoms with Crippen LogP contribution in [0.2, 0.25) is 0 Å². The Balaban J connectivity index is 1.19. The van der Waals surface area contributed by atoms with Crippen molar-refractivity contribution in [2.75, 3.05) is 24.9 Å². The molecule has 3 N–H and O–H groups in total. The van der Waals surface area contributed by atoms with Crippen molar-refractivity contribution in [3.05, 3.63) is 161 Å². The van der Waals surface area contributed by atoms with E-state index in [-0.39, 0.29) is 11.6 Å². The Kier molecular flexibility index (Phi) is 12.0. The number of hydrogen-bond acceptors (Lipinski definition) is 8. The zero-order valence-electron chi connectivity index (χ0n) is 29.2. The lowest BCUT2D eigenvalue weighted by molar-refractivity contribution is -0.116. The summed E-state index contributed by atoms with van der Waals surface area (Å²) in [6, 6.07) is 38.6. The lowest BCUT2D eigenvalue weighted by atomic mass is 10.1. The molecular formula is C42H36N4O5S2. The Morgan fingerprint density at radius 2 is 1.49 bits per heavy atom. The van der Waals surface area contributed by atoms with E-state index in [0.29, 0.717) is 33.4 Å². The van der Waals surface area contributed by atoms with Gasteiger partial charge in [0.15, 0.2) is 5.13 Å². The van der Waals surface area contributed by atoms with Gasteiger partial charge in [-0.3, -0.25) is 14.4 Å². The second kappa shape index (κ2) is 17.4. The first-order valence-corrected chi connectivity index (χ1v) is 18.3. The molecule has 53 heavy (non-hydrogen) atoms. The number of carbonyl (C=O) groups is 3. The van der Waals surface area contributed by atoms with Crippen molar-refractivity contribution in [1.29, 1.82) is 0 Å². The lowest BCUT2D eigenvalue weighted by Gasteiger charge is -2.17. The minimum Gasteiger partial charge on any atom is -0.497 e. The number of aryl methyl sites for hydroxylation is 1. The molecule has 6 rings (SSSR count). The maximum absolute atomic E-state index is 13.7. The molecule has 5 aromatic carbocycles. The Morgan fingerprint density at radius 1 is 0.792 bits per heavy atom. The molecule has 1 heterocycles. The number of rotatable bonds is 13. The molecular weight excluding hydrogens is 705 g/mol. The number of aromatic nitrogens is 1. The van der Waals surface area contributed by atoms with Crippen LogP contribution in [0, 0.1) is 6.92 Å². The molecule has 6 aromatic rings. The molecule has 9 nitrogen and oxygen atoms in total. The number of methoxy groups -OCH3 is 2. The third kappa shape index (κ3) is 9.59. The van der Waals surface area contributed by atoms with Gasteiger partial charge in [0, 0.05) is 32.7 Å². The molecule has 0 fully saturated rings. The largest absolute Gasteiger partial charge is 0.497 e. The highest BCUT2D eigenvalue weighted by Crippen LogP contribution is 2.37. The zero-order chi connectivity index (χ0) is 37.2. The van der Waals surface area contributed by atoms with E-state index < -0.39 is 17.1 Å². The molecule has 3 amide bonds. The van der Waals surface area contributed by atoms with Gasteiger partial charge in [-0.1, -0.05) is 78.4 Å². The quantitative estimate of drug-likeness (QED) is 0.0799. The number of amides is 3. The first kappa shape index (κ1) is 36.6. The van der Waals surface area contributed by atoms with Crippen molar-refractivity contribution >= 4 is 57.7 Å². The number of nitrogens with zero attached hydrogens (tertiary/aromatic N) is 1. The Hall–Kier alpha value is -6.17. The number of hydrogen-bond donors (Lipinski definition) is 3. The summed E-state index contributed by atoms with van der Waals surface area (Å²) < 4.78 is 10.9. The Bertz CT molecular complexity index is 2220. The highest BCUT2D eigenvalue weighted by molar-refractivity contribution is 8.00. The third-order valence-electron chi connectivity index (χ3n) is 8.05. The number of thiazole rings is 1. The zero-order valence-corrected chi connectivity index (χ0v) is 30.8. The molecule has 0 spiro atoms. The minimum atomic E-state index is -0.580. The highest BCUT2D eigenvalue weighted by Gasteiger charge is 2.24. The summed E-state index contributed by atoms with van der Waals surface area (Å²) in [4.78, 5) is 46.1. The van der Waals surface area contributed by atoms with E-state index in [2.05, 4.69) is 20.9 Å². The van der Waals surface area contributed by atoms with Crippen LogP contribution in [0.15, 0.2) is 143 Å². The van der Waals surface area contributed by atoms with Crippen LogP contribution in [-0.4, -0.2) is 36.9 Å². The average Bonchev–Trinajstić information content (AvgIpc) is 3.66. The molecule has 1 aromatic heterocycles. The van der Waals surface area contributed by atoms with Gasteiger partial charge in [-0.2, -0.15) is 0 Å². The van der Waals surface area contributed by atoms with Crippen molar-refractivity contribution in [3.8, 4) is 22.8 Å². The predicted octanol–water partition coefficient (Wildman–Crippen LogP) is 9.02. The number of thioether (sulfide) groups is 1. The lowest BCUT2D eigenvalue weighted by Crippen LogP contribution is -2.30. The van der Waals surface area contributed by atoms with Crippen molar-refractivity contribution in [2.24, 2.45) is 0 Å². The second-order valence-electron chi connectivity index (χ2n) is 11.8. The van der Waals surface area contributed by atoms with E-state index in [1.165, 1.54) is 36.3 Å². The fraction of sp³-hybridized carbons (Fsp3) is 0.0952. The van der Waals surface area contributed by atoms with Crippen molar-refractivity contribution in [2.45, 2.75) is 17.1 Å². The first-order valence-electron chi connectivity index (χ1n) is 16.6. The van der Waals surface area contributed by atoms with Crippen LogP contribution < -0.4 is 25.4 Å². The maximum Gasteiger partial charge on any atom is 0.272 e. The Labute approximate surface area is 316 Å². The average molecular weight is 741 g/mol. The molecule has 0 bridgehead atoms. The molecule has 0 aliphatic carbocycles. The molecule has 0 aliphatic heterocycles. The molecule has 0 radical (unpaired) electrons. The van der Waals surface area contributed by atoms with E-state index in [0.717, 1.165) is 27.3 Å². The van der Waals surface area contributed by atoms with Crippen molar-refractivity contribution in [1.82, 2.24) is 10.3 Å². The van der Waals surface area contributed by atoms with E-state index in [1.807, 2.05) is 79.0 Å². The van der Waals surface area contributed by atoms with Gasteiger partial charge in [0.05, 0.1) is 19.9 Å². The fourth-order valence-electron chi connectivity index (χ4n) is 5.26. The summed E-state index contributed by atoms with van der Waals surface area (Å²) in [5, 5.41) is 10.5. The molecule has 1 atom stereocenters. The number of carbonyl (C=O) groups excluding carboxylic acids is 3.